The van der Waals surface area contributed by atoms with Crippen LogP contribution in [0, 0.1) is 0 Å². The van der Waals surface area contributed by atoms with Gasteiger partial charge in [-0.15, -0.1) is 11.3 Å². The molecule has 1 saturated heterocycles. The highest BCUT2D eigenvalue weighted by Gasteiger charge is 2.32. The van der Waals surface area contributed by atoms with E-state index in [0.29, 0.717) is 25.8 Å². The molecular formula is C18H21N3O2S. The number of rotatable bonds is 6. The predicted octanol–water partition coefficient (Wildman–Crippen LogP) is 2.88. The molecule has 1 aromatic carbocycles. The molecule has 0 bridgehead atoms. The number of carbonyl (C=O) groups excluding carboxylic acids is 2. The van der Waals surface area contributed by atoms with Crippen LogP contribution in [0.25, 0.3) is 10.6 Å². The first-order valence-corrected chi connectivity index (χ1v) is 9.00. The van der Waals surface area contributed by atoms with Gasteiger partial charge in [-0.25, -0.2) is 4.98 Å². The van der Waals surface area contributed by atoms with Crippen LogP contribution in [0.1, 0.15) is 38.3 Å². The summed E-state index contributed by atoms with van der Waals surface area (Å²) in [5.41, 5.74) is 1.72. The molecule has 0 spiro atoms. The first-order chi connectivity index (χ1) is 11.5. The van der Waals surface area contributed by atoms with Crippen molar-refractivity contribution in [2.75, 3.05) is 0 Å². The summed E-state index contributed by atoms with van der Waals surface area (Å²) in [5, 5.41) is 8.79. The Hall–Kier alpha value is -2.21. The molecule has 1 unspecified atom stereocenters. The lowest BCUT2D eigenvalue weighted by molar-refractivity contribution is -0.122. The topological polar surface area (TPSA) is 71.1 Å². The van der Waals surface area contributed by atoms with Gasteiger partial charge in [-0.1, -0.05) is 30.3 Å². The number of hydrogen-bond donors (Lipinski definition) is 2. The maximum absolute atomic E-state index is 12.0. The lowest BCUT2D eigenvalue weighted by Gasteiger charge is -2.23. The van der Waals surface area contributed by atoms with Gasteiger partial charge in [0.05, 0.1) is 12.2 Å². The Morgan fingerprint density at radius 1 is 1.38 bits per heavy atom. The summed E-state index contributed by atoms with van der Waals surface area (Å²) >= 11 is 1.58. The minimum absolute atomic E-state index is 0.00775. The first kappa shape index (κ1) is 16.6. The number of nitrogens with zero attached hydrogens (tertiary/aromatic N) is 1. The second-order valence-electron chi connectivity index (χ2n) is 6.40. The molecule has 1 aliphatic rings. The number of thiazole rings is 1. The zero-order valence-corrected chi connectivity index (χ0v) is 14.5. The van der Waals surface area contributed by atoms with Crippen LogP contribution < -0.4 is 10.6 Å². The van der Waals surface area contributed by atoms with Gasteiger partial charge in [0.25, 0.3) is 0 Å². The van der Waals surface area contributed by atoms with Gasteiger partial charge in [0.1, 0.15) is 5.01 Å². The first-order valence-electron chi connectivity index (χ1n) is 8.12. The van der Waals surface area contributed by atoms with E-state index in [-0.39, 0.29) is 17.4 Å². The highest BCUT2D eigenvalue weighted by Crippen LogP contribution is 2.25. The smallest absolute Gasteiger partial charge is 0.220 e. The maximum Gasteiger partial charge on any atom is 0.220 e. The molecule has 6 heteroatoms. The number of hydrogen-bond acceptors (Lipinski definition) is 4. The van der Waals surface area contributed by atoms with Crippen molar-refractivity contribution in [3.8, 4) is 10.6 Å². The Morgan fingerprint density at radius 3 is 2.88 bits per heavy atom. The lowest BCUT2D eigenvalue weighted by atomic mass is 9.94. The maximum atomic E-state index is 12.0. The normalized spacial score (nSPS) is 20.0. The third kappa shape index (κ3) is 4.20. The molecule has 2 aromatic rings. The van der Waals surface area contributed by atoms with Gasteiger partial charge >= 0.3 is 0 Å². The fourth-order valence-corrected chi connectivity index (χ4v) is 3.63. The van der Waals surface area contributed by atoms with E-state index in [1.165, 1.54) is 0 Å². The Morgan fingerprint density at radius 2 is 2.17 bits per heavy atom. The molecule has 2 amide bonds. The summed E-state index contributed by atoms with van der Waals surface area (Å²) in [6.45, 7) is 2.43. The molecule has 5 nitrogen and oxygen atoms in total. The third-order valence-corrected chi connectivity index (χ3v) is 5.23. The van der Waals surface area contributed by atoms with Crippen molar-refractivity contribution in [1.82, 2.24) is 15.6 Å². The molecule has 1 atom stereocenters. The average Bonchev–Trinajstić information content (AvgIpc) is 3.19. The van der Waals surface area contributed by atoms with Crippen LogP contribution in [-0.2, 0) is 16.1 Å². The van der Waals surface area contributed by atoms with Gasteiger partial charge in [0.2, 0.25) is 11.8 Å². The van der Waals surface area contributed by atoms with Gasteiger partial charge < -0.3 is 10.6 Å². The number of benzene rings is 1. The van der Waals surface area contributed by atoms with E-state index in [0.717, 1.165) is 22.7 Å². The Labute approximate surface area is 145 Å². The number of nitrogens with one attached hydrogen (secondary N) is 2. The molecule has 1 aliphatic heterocycles. The molecule has 3 rings (SSSR count). The van der Waals surface area contributed by atoms with E-state index >= 15 is 0 Å². The zero-order chi connectivity index (χ0) is 17.0. The number of carbonyl (C=O) groups is 2. The zero-order valence-electron chi connectivity index (χ0n) is 13.7. The molecule has 1 fully saturated rings. The van der Waals surface area contributed by atoms with Crippen LogP contribution in [-0.4, -0.2) is 22.3 Å². The molecule has 0 radical (unpaired) electrons. The lowest BCUT2D eigenvalue weighted by Crippen LogP contribution is -2.39. The van der Waals surface area contributed by atoms with Crippen molar-refractivity contribution in [3.05, 3.63) is 41.4 Å². The van der Waals surface area contributed by atoms with Crippen molar-refractivity contribution in [2.45, 2.75) is 44.7 Å². The summed E-state index contributed by atoms with van der Waals surface area (Å²) < 4.78 is 0. The van der Waals surface area contributed by atoms with Gasteiger partial charge in [0.15, 0.2) is 0 Å². The van der Waals surface area contributed by atoms with Gasteiger partial charge in [-0.3, -0.25) is 9.59 Å². The summed E-state index contributed by atoms with van der Waals surface area (Å²) in [4.78, 5) is 27.9. The van der Waals surface area contributed by atoms with E-state index in [9.17, 15) is 9.59 Å². The van der Waals surface area contributed by atoms with Crippen LogP contribution in [0.4, 0.5) is 0 Å². The van der Waals surface area contributed by atoms with E-state index in [1.807, 2.05) is 42.6 Å². The van der Waals surface area contributed by atoms with Crippen LogP contribution in [0.15, 0.2) is 35.7 Å². The molecule has 126 valence electrons. The average molecular weight is 343 g/mol. The van der Waals surface area contributed by atoms with Crippen molar-refractivity contribution in [1.29, 1.82) is 0 Å². The summed E-state index contributed by atoms with van der Waals surface area (Å²) in [5.74, 6) is 0.0699. The van der Waals surface area contributed by atoms with Crippen LogP contribution in [0.3, 0.4) is 0 Å². The standard InChI is InChI=1S/C18H21N3O2S/c1-18(10-8-16(23)21-18)9-7-15(22)19-11-14-12-24-17(20-14)13-5-3-2-4-6-13/h2-6,12H,7-11H2,1H3,(H,19,22)(H,21,23). The van der Waals surface area contributed by atoms with Crippen molar-refractivity contribution < 1.29 is 9.59 Å². The van der Waals surface area contributed by atoms with E-state index < -0.39 is 0 Å². The molecule has 2 heterocycles. The minimum atomic E-state index is -0.241. The van der Waals surface area contributed by atoms with Crippen molar-refractivity contribution in [2.24, 2.45) is 0 Å². The predicted molar refractivity (Wildman–Crippen MR) is 94.4 cm³/mol. The second-order valence-corrected chi connectivity index (χ2v) is 7.25. The van der Waals surface area contributed by atoms with E-state index in [2.05, 4.69) is 15.6 Å². The highest BCUT2D eigenvalue weighted by molar-refractivity contribution is 7.13. The number of aromatic nitrogens is 1. The molecule has 1 aromatic heterocycles. The van der Waals surface area contributed by atoms with Gasteiger partial charge in [0, 0.05) is 29.3 Å². The molecule has 24 heavy (non-hydrogen) atoms. The van der Waals surface area contributed by atoms with E-state index in [1.54, 1.807) is 11.3 Å². The fraction of sp³-hybridized carbons (Fsp3) is 0.389. The molecule has 2 N–H and O–H groups in total. The van der Waals surface area contributed by atoms with Crippen molar-refractivity contribution >= 4 is 23.2 Å². The molecular weight excluding hydrogens is 322 g/mol. The van der Waals surface area contributed by atoms with Crippen LogP contribution in [0.2, 0.25) is 0 Å². The highest BCUT2D eigenvalue weighted by atomic mass is 32.1. The summed E-state index contributed by atoms with van der Waals surface area (Å²) in [7, 11) is 0. The molecule has 0 saturated carbocycles. The Kier molecular flexibility index (Phi) is 4.94. The second kappa shape index (κ2) is 7.13. The van der Waals surface area contributed by atoms with Gasteiger partial charge in [-0.05, 0) is 19.8 Å². The largest absolute Gasteiger partial charge is 0.351 e. The fourth-order valence-electron chi connectivity index (χ4n) is 2.81. The number of amides is 2. The Balaban J connectivity index is 1.47. The minimum Gasteiger partial charge on any atom is -0.351 e. The summed E-state index contributed by atoms with van der Waals surface area (Å²) in [6.07, 6.45) is 2.42. The SMILES string of the molecule is CC1(CCC(=O)NCc2csc(-c3ccccc3)n2)CCC(=O)N1. The molecule has 0 aliphatic carbocycles. The van der Waals surface area contributed by atoms with Crippen molar-refractivity contribution in [3.63, 3.8) is 0 Å². The quantitative estimate of drug-likeness (QED) is 0.847. The Bertz CT molecular complexity index is 729. The monoisotopic (exact) mass is 343 g/mol. The van der Waals surface area contributed by atoms with Crippen LogP contribution >= 0.6 is 11.3 Å². The third-order valence-electron chi connectivity index (χ3n) is 4.29. The summed E-state index contributed by atoms with van der Waals surface area (Å²) in [6, 6.07) is 10.0. The van der Waals surface area contributed by atoms with Gasteiger partial charge in [-0.2, -0.15) is 0 Å². The van der Waals surface area contributed by atoms with Crippen LogP contribution in [0.5, 0.6) is 0 Å². The van der Waals surface area contributed by atoms with E-state index in [4.69, 9.17) is 0 Å².